The molecule has 0 fully saturated rings. The number of hydrogen-bond acceptors (Lipinski definition) is 3. The first-order valence-corrected chi connectivity index (χ1v) is 7.00. The first-order valence-electron chi connectivity index (χ1n) is 6.19. The molecule has 0 unspecified atom stereocenters. The number of aromatic carboxylic acids is 1. The van der Waals surface area contributed by atoms with Gasteiger partial charge in [-0.15, -0.1) is 0 Å². The van der Waals surface area contributed by atoms with Gasteiger partial charge in [0, 0.05) is 4.90 Å². The van der Waals surface area contributed by atoms with Crippen molar-refractivity contribution >= 4 is 28.5 Å². The number of fused-ring (bicyclic) bond motifs is 1. The number of carboxylic acid groups (broad SMARTS) is 1. The predicted octanol–water partition coefficient (Wildman–Crippen LogP) is 4.22. The van der Waals surface area contributed by atoms with Gasteiger partial charge >= 0.3 is 5.97 Å². The molecule has 104 valence electrons. The monoisotopic (exact) mass is 299 g/mol. The van der Waals surface area contributed by atoms with Gasteiger partial charge in [0.25, 0.3) is 0 Å². The van der Waals surface area contributed by atoms with Gasteiger partial charge in [0.2, 0.25) is 0 Å². The minimum atomic E-state index is -1.19. The average Bonchev–Trinajstić information content (AvgIpc) is 2.49. The number of pyridine rings is 1. The lowest BCUT2D eigenvalue weighted by atomic mass is 10.1. The van der Waals surface area contributed by atoms with Crippen molar-refractivity contribution in [2.45, 2.75) is 9.92 Å². The fourth-order valence-corrected chi connectivity index (χ4v) is 2.91. The molecule has 0 saturated carbocycles. The summed E-state index contributed by atoms with van der Waals surface area (Å²) in [6.07, 6.45) is 1.02. The summed E-state index contributed by atoms with van der Waals surface area (Å²) in [5, 5.41) is 11.6. The minimum absolute atomic E-state index is 0.131. The van der Waals surface area contributed by atoms with Crippen molar-refractivity contribution in [3.8, 4) is 0 Å². The molecule has 0 atom stereocenters. The highest BCUT2D eigenvalue weighted by atomic mass is 32.2. The van der Waals surface area contributed by atoms with Gasteiger partial charge < -0.3 is 5.11 Å². The number of rotatable bonds is 3. The highest BCUT2D eigenvalue weighted by molar-refractivity contribution is 7.99. The molecule has 1 aromatic heterocycles. The third-order valence-corrected chi connectivity index (χ3v) is 3.99. The smallest absolute Gasteiger partial charge is 0.338 e. The summed E-state index contributed by atoms with van der Waals surface area (Å²) < 4.78 is 13.1. The second kappa shape index (κ2) is 5.54. The SMILES string of the molecule is O=C(O)c1cc(F)cnc1Sc1ccc2ccccc2c1. The van der Waals surface area contributed by atoms with Gasteiger partial charge in [-0.05, 0) is 29.0 Å². The van der Waals surface area contributed by atoms with Gasteiger partial charge in [-0.3, -0.25) is 0 Å². The number of halogens is 1. The molecule has 3 rings (SSSR count). The van der Waals surface area contributed by atoms with E-state index < -0.39 is 11.8 Å². The standard InChI is InChI=1S/C16H10FNO2S/c17-12-8-14(16(19)20)15(18-9-12)21-13-6-5-10-3-1-2-4-11(10)7-13/h1-9H,(H,19,20). The van der Waals surface area contributed by atoms with E-state index in [0.29, 0.717) is 0 Å². The summed E-state index contributed by atoms with van der Waals surface area (Å²) in [4.78, 5) is 15.9. The van der Waals surface area contributed by atoms with Crippen LogP contribution in [0.15, 0.2) is 64.6 Å². The Morgan fingerprint density at radius 1 is 1.10 bits per heavy atom. The highest BCUT2D eigenvalue weighted by Gasteiger charge is 2.14. The third kappa shape index (κ3) is 2.87. The molecule has 0 aliphatic heterocycles. The Morgan fingerprint density at radius 3 is 2.62 bits per heavy atom. The molecular weight excluding hydrogens is 289 g/mol. The number of nitrogens with zero attached hydrogens (tertiary/aromatic N) is 1. The van der Waals surface area contributed by atoms with Crippen molar-refractivity contribution in [3.63, 3.8) is 0 Å². The second-order valence-electron chi connectivity index (χ2n) is 4.42. The lowest BCUT2D eigenvalue weighted by Gasteiger charge is -2.06. The average molecular weight is 299 g/mol. The van der Waals surface area contributed by atoms with Crippen LogP contribution in [0.3, 0.4) is 0 Å². The van der Waals surface area contributed by atoms with Gasteiger partial charge in [-0.1, -0.05) is 42.1 Å². The molecule has 3 nitrogen and oxygen atoms in total. The third-order valence-electron chi connectivity index (χ3n) is 2.98. The summed E-state index contributed by atoms with van der Waals surface area (Å²) in [6, 6.07) is 14.7. The molecule has 0 radical (unpaired) electrons. The van der Waals surface area contributed by atoms with Crippen LogP contribution in [0.25, 0.3) is 10.8 Å². The zero-order valence-corrected chi connectivity index (χ0v) is 11.6. The number of carboxylic acids is 1. The van der Waals surface area contributed by atoms with Crippen LogP contribution in [-0.2, 0) is 0 Å². The molecule has 0 aliphatic rings. The molecule has 21 heavy (non-hydrogen) atoms. The summed E-state index contributed by atoms with van der Waals surface area (Å²) >= 11 is 1.21. The Hall–Kier alpha value is -2.40. The number of carbonyl (C=O) groups is 1. The predicted molar refractivity (Wildman–Crippen MR) is 79.2 cm³/mol. The van der Waals surface area contributed by atoms with Crippen molar-refractivity contribution < 1.29 is 14.3 Å². The molecule has 1 heterocycles. The van der Waals surface area contributed by atoms with Gasteiger partial charge in [-0.25, -0.2) is 14.2 Å². The number of benzene rings is 2. The molecular formula is C16H10FNO2S. The molecule has 3 aromatic rings. The van der Waals surface area contributed by atoms with Crippen molar-refractivity contribution in [3.05, 3.63) is 66.1 Å². The van der Waals surface area contributed by atoms with E-state index in [1.165, 1.54) is 11.8 Å². The summed E-state index contributed by atoms with van der Waals surface area (Å²) in [6.45, 7) is 0. The first-order chi connectivity index (χ1) is 10.1. The topological polar surface area (TPSA) is 50.2 Å². The Bertz CT molecular complexity index is 835. The maximum absolute atomic E-state index is 13.1. The zero-order chi connectivity index (χ0) is 14.8. The van der Waals surface area contributed by atoms with E-state index in [9.17, 15) is 9.18 Å². The van der Waals surface area contributed by atoms with Crippen LogP contribution in [0.5, 0.6) is 0 Å². The van der Waals surface area contributed by atoms with Gasteiger partial charge in [0.1, 0.15) is 10.8 Å². The number of hydrogen-bond donors (Lipinski definition) is 1. The molecule has 0 bridgehead atoms. The molecule has 0 spiro atoms. The van der Waals surface area contributed by atoms with Gasteiger partial charge in [0.05, 0.1) is 11.8 Å². The van der Waals surface area contributed by atoms with E-state index in [0.717, 1.165) is 27.9 Å². The Morgan fingerprint density at radius 2 is 1.86 bits per heavy atom. The normalized spacial score (nSPS) is 10.7. The van der Waals surface area contributed by atoms with Crippen molar-refractivity contribution in [1.29, 1.82) is 0 Å². The van der Waals surface area contributed by atoms with E-state index in [1.807, 2.05) is 42.5 Å². The zero-order valence-electron chi connectivity index (χ0n) is 10.8. The highest BCUT2D eigenvalue weighted by Crippen LogP contribution is 2.31. The Labute approximate surface area is 124 Å². The molecule has 2 aromatic carbocycles. The maximum atomic E-state index is 13.1. The van der Waals surface area contributed by atoms with Gasteiger partial charge in [0.15, 0.2) is 0 Å². The van der Waals surface area contributed by atoms with Crippen LogP contribution in [0.1, 0.15) is 10.4 Å². The fourth-order valence-electron chi connectivity index (χ4n) is 2.00. The van der Waals surface area contributed by atoms with E-state index in [-0.39, 0.29) is 10.6 Å². The van der Waals surface area contributed by atoms with Crippen LogP contribution < -0.4 is 0 Å². The van der Waals surface area contributed by atoms with Crippen LogP contribution in [-0.4, -0.2) is 16.1 Å². The summed E-state index contributed by atoms with van der Waals surface area (Å²) in [7, 11) is 0. The molecule has 0 saturated heterocycles. The Kier molecular flexibility index (Phi) is 3.58. The minimum Gasteiger partial charge on any atom is -0.478 e. The fraction of sp³-hybridized carbons (Fsp3) is 0. The van der Waals surface area contributed by atoms with Crippen LogP contribution in [0, 0.1) is 5.82 Å². The summed E-state index contributed by atoms with van der Waals surface area (Å²) in [5.74, 6) is -1.85. The molecule has 0 amide bonds. The molecule has 5 heteroatoms. The van der Waals surface area contributed by atoms with Crippen molar-refractivity contribution in [1.82, 2.24) is 4.98 Å². The largest absolute Gasteiger partial charge is 0.478 e. The Balaban J connectivity index is 2.00. The quantitative estimate of drug-likeness (QED) is 0.786. The van der Waals surface area contributed by atoms with Gasteiger partial charge in [-0.2, -0.15) is 0 Å². The van der Waals surface area contributed by atoms with E-state index >= 15 is 0 Å². The first kappa shape index (κ1) is 13.6. The number of aromatic nitrogens is 1. The van der Waals surface area contributed by atoms with E-state index in [2.05, 4.69) is 4.98 Å². The lowest BCUT2D eigenvalue weighted by Crippen LogP contribution is -2.01. The van der Waals surface area contributed by atoms with Crippen LogP contribution >= 0.6 is 11.8 Å². The summed E-state index contributed by atoms with van der Waals surface area (Å²) in [5.41, 5.74) is -0.131. The van der Waals surface area contributed by atoms with Crippen molar-refractivity contribution in [2.75, 3.05) is 0 Å². The van der Waals surface area contributed by atoms with Crippen LogP contribution in [0.2, 0.25) is 0 Å². The van der Waals surface area contributed by atoms with E-state index in [1.54, 1.807) is 0 Å². The van der Waals surface area contributed by atoms with Crippen LogP contribution in [0.4, 0.5) is 4.39 Å². The second-order valence-corrected chi connectivity index (χ2v) is 5.48. The molecule has 1 N–H and O–H groups in total. The molecule has 0 aliphatic carbocycles. The lowest BCUT2D eigenvalue weighted by molar-refractivity contribution is 0.0691. The van der Waals surface area contributed by atoms with Crippen molar-refractivity contribution in [2.24, 2.45) is 0 Å². The maximum Gasteiger partial charge on any atom is 0.338 e. The van der Waals surface area contributed by atoms with E-state index in [4.69, 9.17) is 5.11 Å².